The molecule has 8 heteroatoms. The number of halogens is 1. The molecular formula is C26H24ClNO4S2. The van der Waals surface area contributed by atoms with Crippen molar-refractivity contribution >= 4 is 57.2 Å². The first-order valence-corrected chi connectivity index (χ1v) is 12.6. The maximum Gasteiger partial charge on any atom is 0.307 e. The molecule has 0 aliphatic rings. The van der Waals surface area contributed by atoms with E-state index < -0.39 is 5.97 Å². The van der Waals surface area contributed by atoms with Crippen LogP contribution in [0, 0.1) is 0 Å². The van der Waals surface area contributed by atoms with E-state index in [4.69, 9.17) is 31.2 Å². The Kier molecular flexibility index (Phi) is 9.51. The second-order valence-corrected chi connectivity index (χ2v) is 9.54. The average Bonchev–Trinajstić information content (AvgIpc) is 2.84. The zero-order valence-corrected chi connectivity index (χ0v) is 21.3. The number of carbonyl (C=O) groups is 1. The Morgan fingerprint density at radius 3 is 2.15 bits per heavy atom. The second kappa shape index (κ2) is 12.6. The van der Waals surface area contributed by atoms with Gasteiger partial charge in [-0.15, -0.1) is 11.8 Å². The summed E-state index contributed by atoms with van der Waals surface area (Å²) in [5, 5.41) is 9.51. The van der Waals surface area contributed by atoms with Crippen molar-refractivity contribution in [2.24, 2.45) is 4.99 Å². The normalized spacial score (nSPS) is 11.9. The van der Waals surface area contributed by atoms with Gasteiger partial charge in [-0.2, -0.15) is 0 Å². The molecule has 0 saturated heterocycles. The Balaban J connectivity index is 1.96. The molecule has 5 nitrogen and oxygen atoms in total. The van der Waals surface area contributed by atoms with Crippen molar-refractivity contribution in [2.45, 2.75) is 11.3 Å². The van der Waals surface area contributed by atoms with Crippen LogP contribution in [0.25, 0.3) is 11.8 Å². The first kappa shape index (κ1) is 25.7. The Morgan fingerprint density at radius 2 is 1.62 bits per heavy atom. The molecule has 3 rings (SSSR count). The molecular weight excluding hydrogens is 490 g/mol. The van der Waals surface area contributed by atoms with Gasteiger partial charge < -0.3 is 14.6 Å². The van der Waals surface area contributed by atoms with Crippen LogP contribution in [-0.2, 0) is 11.2 Å². The van der Waals surface area contributed by atoms with Crippen LogP contribution >= 0.6 is 35.1 Å². The summed E-state index contributed by atoms with van der Waals surface area (Å²) in [6.07, 6.45) is 3.90. The topological polar surface area (TPSA) is 68.1 Å². The quantitative estimate of drug-likeness (QED) is 0.151. The van der Waals surface area contributed by atoms with E-state index >= 15 is 0 Å². The van der Waals surface area contributed by atoms with Gasteiger partial charge in [0, 0.05) is 10.5 Å². The predicted octanol–water partition coefficient (Wildman–Crippen LogP) is 6.99. The molecule has 0 aliphatic heterocycles. The van der Waals surface area contributed by atoms with Crippen molar-refractivity contribution in [3.05, 3.63) is 88.4 Å². The van der Waals surface area contributed by atoms with Gasteiger partial charge in [0.25, 0.3) is 0 Å². The molecule has 34 heavy (non-hydrogen) atoms. The van der Waals surface area contributed by atoms with Gasteiger partial charge in [-0.1, -0.05) is 41.6 Å². The standard InChI is InChI=1S/C26H24ClNO4S2/c1-31-20-9-4-17(5-10-20)15-23(19-7-11-21(32-2)12-8-19)28-26(33-3)34-24-13-6-18(14-22(24)27)16-25(29)30/h4-15H,16H2,1-3H3,(H,29,30)/b23-15+,28-26?. The van der Waals surface area contributed by atoms with Gasteiger partial charge in [0.05, 0.1) is 31.4 Å². The summed E-state index contributed by atoms with van der Waals surface area (Å²) < 4.78 is 11.3. The fourth-order valence-electron chi connectivity index (χ4n) is 3.01. The van der Waals surface area contributed by atoms with Crippen LogP contribution in [-0.4, -0.2) is 35.9 Å². The van der Waals surface area contributed by atoms with Crippen molar-refractivity contribution in [1.82, 2.24) is 0 Å². The number of aliphatic imine (C=N–C) groups is 1. The van der Waals surface area contributed by atoms with Crippen molar-refractivity contribution in [3.63, 3.8) is 0 Å². The van der Waals surface area contributed by atoms with Crippen LogP contribution in [0.3, 0.4) is 0 Å². The average molecular weight is 514 g/mol. The number of aliphatic carboxylic acids is 1. The number of nitrogens with zero attached hydrogens (tertiary/aromatic N) is 1. The molecule has 3 aromatic rings. The molecule has 0 atom stereocenters. The van der Waals surface area contributed by atoms with Crippen molar-refractivity contribution in [3.8, 4) is 11.5 Å². The molecule has 0 saturated carbocycles. The van der Waals surface area contributed by atoms with Gasteiger partial charge in [0.15, 0.2) is 0 Å². The Morgan fingerprint density at radius 1 is 1.00 bits per heavy atom. The smallest absolute Gasteiger partial charge is 0.307 e. The third-order valence-corrected chi connectivity index (χ3v) is 7.20. The summed E-state index contributed by atoms with van der Waals surface area (Å²) in [5.41, 5.74) is 3.36. The zero-order chi connectivity index (χ0) is 24.5. The predicted molar refractivity (Wildman–Crippen MR) is 143 cm³/mol. The molecule has 0 aliphatic carbocycles. The van der Waals surface area contributed by atoms with E-state index in [1.54, 1.807) is 26.4 Å². The van der Waals surface area contributed by atoms with Gasteiger partial charge in [0.1, 0.15) is 15.9 Å². The van der Waals surface area contributed by atoms with E-state index in [1.165, 1.54) is 23.5 Å². The summed E-state index contributed by atoms with van der Waals surface area (Å²) in [6, 6.07) is 20.8. The lowest BCUT2D eigenvalue weighted by atomic mass is 10.1. The molecule has 0 fully saturated rings. The summed E-state index contributed by atoms with van der Waals surface area (Å²) in [4.78, 5) is 16.7. The van der Waals surface area contributed by atoms with Crippen molar-refractivity contribution < 1.29 is 19.4 Å². The van der Waals surface area contributed by atoms with E-state index in [0.717, 1.165) is 37.6 Å². The Labute approximate surface area is 212 Å². The van der Waals surface area contributed by atoms with E-state index in [0.29, 0.717) is 10.6 Å². The van der Waals surface area contributed by atoms with Gasteiger partial charge in [-0.05, 0) is 72.0 Å². The summed E-state index contributed by atoms with van der Waals surface area (Å²) >= 11 is 9.39. The zero-order valence-electron chi connectivity index (χ0n) is 18.9. The molecule has 0 bridgehead atoms. The minimum Gasteiger partial charge on any atom is -0.497 e. The third-order valence-electron chi connectivity index (χ3n) is 4.74. The van der Waals surface area contributed by atoms with Crippen LogP contribution in [0.15, 0.2) is 76.6 Å². The number of thioether (sulfide) groups is 2. The maximum absolute atomic E-state index is 11.0. The monoisotopic (exact) mass is 513 g/mol. The summed E-state index contributed by atoms with van der Waals surface area (Å²) in [5.74, 6) is 0.660. The van der Waals surface area contributed by atoms with E-state index in [9.17, 15) is 4.79 Å². The lowest BCUT2D eigenvalue weighted by molar-refractivity contribution is -0.136. The lowest BCUT2D eigenvalue weighted by Crippen LogP contribution is -2.00. The van der Waals surface area contributed by atoms with Gasteiger partial charge in [0.2, 0.25) is 0 Å². The summed E-state index contributed by atoms with van der Waals surface area (Å²) in [6.45, 7) is 0. The fraction of sp³-hybridized carbons (Fsp3) is 0.154. The second-order valence-electron chi connectivity index (χ2n) is 7.05. The molecule has 1 N–H and O–H groups in total. The van der Waals surface area contributed by atoms with E-state index in [1.807, 2.05) is 66.9 Å². The molecule has 3 aromatic carbocycles. The molecule has 0 spiro atoms. The van der Waals surface area contributed by atoms with Crippen LogP contribution in [0.5, 0.6) is 11.5 Å². The first-order valence-electron chi connectivity index (χ1n) is 10.2. The van der Waals surface area contributed by atoms with Crippen molar-refractivity contribution in [2.75, 3.05) is 20.5 Å². The number of carboxylic acids is 1. The highest BCUT2D eigenvalue weighted by Crippen LogP contribution is 2.34. The van der Waals surface area contributed by atoms with Crippen LogP contribution in [0.2, 0.25) is 5.02 Å². The first-order chi connectivity index (χ1) is 16.4. The largest absolute Gasteiger partial charge is 0.497 e. The Bertz CT molecular complexity index is 1190. The number of hydrogen-bond donors (Lipinski definition) is 1. The highest BCUT2D eigenvalue weighted by atomic mass is 35.5. The highest BCUT2D eigenvalue weighted by Gasteiger charge is 2.11. The van der Waals surface area contributed by atoms with Crippen molar-refractivity contribution in [1.29, 1.82) is 0 Å². The summed E-state index contributed by atoms with van der Waals surface area (Å²) in [7, 11) is 3.27. The molecule has 0 heterocycles. The number of hydrogen-bond acceptors (Lipinski definition) is 6. The molecule has 0 radical (unpaired) electrons. The Hall–Kier alpha value is -2.87. The number of benzene rings is 3. The number of carboxylic acid groups (broad SMARTS) is 1. The molecule has 176 valence electrons. The number of ether oxygens (including phenoxy) is 2. The minimum atomic E-state index is -0.893. The van der Waals surface area contributed by atoms with Crippen LogP contribution in [0.4, 0.5) is 0 Å². The maximum atomic E-state index is 11.0. The van der Waals surface area contributed by atoms with Crippen LogP contribution < -0.4 is 9.47 Å². The van der Waals surface area contributed by atoms with Gasteiger partial charge >= 0.3 is 5.97 Å². The third kappa shape index (κ3) is 7.32. The van der Waals surface area contributed by atoms with Crippen LogP contribution in [0.1, 0.15) is 16.7 Å². The molecule has 0 aromatic heterocycles. The van der Waals surface area contributed by atoms with Gasteiger partial charge in [-0.25, -0.2) is 4.99 Å². The lowest BCUT2D eigenvalue weighted by Gasteiger charge is -2.10. The van der Waals surface area contributed by atoms with Gasteiger partial charge in [-0.3, -0.25) is 4.79 Å². The van der Waals surface area contributed by atoms with E-state index in [-0.39, 0.29) is 6.42 Å². The fourth-order valence-corrected chi connectivity index (χ4v) is 4.75. The highest BCUT2D eigenvalue weighted by molar-refractivity contribution is 8.38. The van der Waals surface area contributed by atoms with E-state index in [2.05, 4.69) is 0 Å². The SMILES string of the molecule is COc1ccc(/C=C(/N=C(SC)Sc2ccc(CC(=O)O)cc2Cl)c2ccc(OC)cc2)cc1. The number of rotatable bonds is 8. The molecule has 0 amide bonds. The molecule has 0 unspecified atom stereocenters. The number of methoxy groups -OCH3 is 2. The minimum absolute atomic E-state index is 0.0691.